The second-order valence-electron chi connectivity index (χ2n) is 5.74. The van der Waals surface area contributed by atoms with Crippen LogP contribution in [0.5, 0.6) is 0 Å². The van der Waals surface area contributed by atoms with Crippen LogP contribution in [0.25, 0.3) is 0 Å². The zero-order valence-corrected chi connectivity index (χ0v) is 11.6. The number of carbonyl (C=O) groups is 1. The lowest BCUT2D eigenvalue weighted by molar-refractivity contribution is -0.123. The van der Waals surface area contributed by atoms with Crippen molar-refractivity contribution in [1.29, 1.82) is 0 Å². The number of nitrogens with one attached hydrogen (secondary N) is 2. The molecule has 17 heavy (non-hydrogen) atoms. The first-order valence-corrected chi connectivity index (χ1v) is 7.13. The largest absolute Gasteiger partial charge is 0.352 e. The monoisotopic (exact) mass is 240 g/mol. The van der Waals surface area contributed by atoms with E-state index in [9.17, 15) is 4.79 Å². The van der Waals surface area contributed by atoms with Crippen molar-refractivity contribution < 1.29 is 4.79 Å². The van der Waals surface area contributed by atoms with Crippen molar-refractivity contribution >= 4 is 5.91 Å². The molecule has 2 unspecified atom stereocenters. The lowest BCUT2D eigenvalue weighted by atomic mass is 10.0. The van der Waals surface area contributed by atoms with Crippen LogP contribution in [0.15, 0.2) is 0 Å². The molecule has 100 valence electrons. The average molecular weight is 240 g/mol. The molecule has 0 aromatic heterocycles. The summed E-state index contributed by atoms with van der Waals surface area (Å²) in [5.74, 6) is 0.911. The van der Waals surface area contributed by atoms with Gasteiger partial charge in [0.25, 0.3) is 0 Å². The molecular weight excluding hydrogens is 212 g/mol. The summed E-state index contributed by atoms with van der Waals surface area (Å²) in [6, 6.07) is 0.342. The van der Waals surface area contributed by atoms with E-state index in [4.69, 9.17) is 0 Å². The van der Waals surface area contributed by atoms with E-state index in [1.165, 1.54) is 25.7 Å². The van der Waals surface area contributed by atoms with Gasteiger partial charge in [0.15, 0.2) is 0 Å². The first-order valence-electron chi connectivity index (χ1n) is 7.13. The van der Waals surface area contributed by atoms with Crippen molar-refractivity contribution in [3.63, 3.8) is 0 Å². The van der Waals surface area contributed by atoms with Gasteiger partial charge in [-0.2, -0.15) is 0 Å². The van der Waals surface area contributed by atoms with Gasteiger partial charge in [-0.05, 0) is 45.1 Å². The second kappa shape index (κ2) is 7.70. The quantitative estimate of drug-likeness (QED) is 0.775. The van der Waals surface area contributed by atoms with Crippen molar-refractivity contribution in [3.8, 4) is 0 Å². The van der Waals surface area contributed by atoms with E-state index in [1.807, 2.05) is 0 Å². The molecular formula is C14H28N2O. The van der Waals surface area contributed by atoms with Gasteiger partial charge in [0, 0.05) is 6.04 Å². The fourth-order valence-electron chi connectivity index (χ4n) is 2.25. The van der Waals surface area contributed by atoms with Crippen LogP contribution >= 0.6 is 0 Å². The third-order valence-electron chi connectivity index (χ3n) is 3.44. The maximum atomic E-state index is 12.0. The average Bonchev–Trinajstić information content (AvgIpc) is 2.54. The number of carbonyl (C=O) groups excluding carboxylic acids is 1. The molecule has 2 N–H and O–H groups in total. The number of hydrogen-bond acceptors (Lipinski definition) is 2. The normalized spacial score (nSPS) is 23.2. The van der Waals surface area contributed by atoms with E-state index >= 15 is 0 Å². The van der Waals surface area contributed by atoms with Gasteiger partial charge in [-0.1, -0.05) is 26.7 Å². The zero-order valence-electron chi connectivity index (χ0n) is 11.6. The Hall–Kier alpha value is -0.570. The fourth-order valence-corrected chi connectivity index (χ4v) is 2.25. The molecule has 0 saturated carbocycles. The predicted molar refractivity (Wildman–Crippen MR) is 71.9 cm³/mol. The van der Waals surface area contributed by atoms with Crippen LogP contribution in [-0.4, -0.2) is 24.5 Å². The van der Waals surface area contributed by atoms with Gasteiger partial charge >= 0.3 is 0 Å². The summed E-state index contributed by atoms with van der Waals surface area (Å²) in [5, 5.41) is 6.47. The Bertz CT molecular complexity index is 220. The predicted octanol–water partition coefficient (Wildman–Crippen LogP) is 2.46. The molecule has 1 saturated heterocycles. The number of hydrogen-bond donors (Lipinski definition) is 2. The molecule has 1 amide bonds. The molecule has 3 heteroatoms. The minimum absolute atomic E-state index is 0.0407. The van der Waals surface area contributed by atoms with Crippen molar-refractivity contribution in [2.24, 2.45) is 5.92 Å². The maximum Gasteiger partial charge on any atom is 0.237 e. The van der Waals surface area contributed by atoms with Crippen LogP contribution in [-0.2, 0) is 4.79 Å². The van der Waals surface area contributed by atoms with E-state index < -0.39 is 0 Å². The van der Waals surface area contributed by atoms with E-state index in [0.29, 0.717) is 12.0 Å². The molecule has 0 spiro atoms. The highest BCUT2D eigenvalue weighted by Crippen LogP contribution is 2.10. The minimum atomic E-state index is 0.0407. The lowest BCUT2D eigenvalue weighted by Crippen LogP contribution is -2.46. The van der Waals surface area contributed by atoms with Gasteiger partial charge < -0.3 is 10.6 Å². The summed E-state index contributed by atoms with van der Waals surface area (Å²) in [6.07, 6.45) is 6.87. The molecule has 2 atom stereocenters. The summed E-state index contributed by atoms with van der Waals surface area (Å²) in [7, 11) is 0. The Labute approximate surface area is 106 Å². The Balaban J connectivity index is 2.26. The standard InChI is InChI=1S/C14H28N2O/c1-11(2)8-9-12(3)16-14(17)13-7-5-4-6-10-15-13/h11-13,15H,4-10H2,1-3H3,(H,16,17). The third kappa shape index (κ3) is 6.06. The summed E-state index contributed by atoms with van der Waals surface area (Å²) in [4.78, 5) is 12.0. The number of amides is 1. The molecule has 1 aliphatic rings. The molecule has 0 radical (unpaired) electrons. The van der Waals surface area contributed by atoms with Crippen molar-refractivity contribution in [2.75, 3.05) is 6.54 Å². The summed E-state index contributed by atoms with van der Waals surface area (Å²) in [6.45, 7) is 7.54. The van der Waals surface area contributed by atoms with Crippen molar-refractivity contribution in [2.45, 2.75) is 71.4 Å². The van der Waals surface area contributed by atoms with Crippen LogP contribution in [0.3, 0.4) is 0 Å². The van der Waals surface area contributed by atoms with E-state index in [0.717, 1.165) is 19.4 Å². The molecule has 0 aromatic carbocycles. The van der Waals surface area contributed by atoms with Crippen LogP contribution in [0, 0.1) is 5.92 Å². The van der Waals surface area contributed by atoms with Gasteiger partial charge in [0.05, 0.1) is 6.04 Å². The first kappa shape index (κ1) is 14.5. The molecule has 1 aliphatic heterocycles. The number of rotatable bonds is 5. The van der Waals surface area contributed by atoms with E-state index in [2.05, 4.69) is 31.4 Å². The highest BCUT2D eigenvalue weighted by molar-refractivity contribution is 5.81. The van der Waals surface area contributed by atoms with Crippen LogP contribution < -0.4 is 10.6 Å². The summed E-state index contributed by atoms with van der Waals surface area (Å²) < 4.78 is 0. The van der Waals surface area contributed by atoms with Crippen molar-refractivity contribution in [3.05, 3.63) is 0 Å². The van der Waals surface area contributed by atoms with Gasteiger partial charge in [-0.15, -0.1) is 0 Å². The van der Waals surface area contributed by atoms with E-state index in [1.54, 1.807) is 0 Å². The van der Waals surface area contributed by atoms with E-state index in [-0.39, 0.29) is 11.9 Å². The molecule has 3 nitrogen and oxygen atoms in total. The molecule has 1 fully saturated rings. The highest BCUT2D eigenvalue weighted by Gasteiger charge is 2.20. The zero-order chi connectivity index (χ0) is 12.7. The highest BCUT2D eigenvalue weighted by atomic mass is 16.2. The topological polar surface area (TPSA) is 41.1 Å². The molecule has 1 rings (SSSR count). The lowest BCUT2D eigenvalue weighted by Gasteiger charge is -2.20. The Morgan fingerprint density at radius 3 is 2.71 bits per heavy atom. The Morgan fingerprint density at radius 1 is 1.24 bits per heavy atom. The van der Waals surface area contributed by atoms with Crippen molar-refractivity contribution in [1.82, 2.24) is 10.6 Å². The van der Waals surface area contributed by atoms with Crippen LogP contribution in [0.1, 0.15) is 59.3 Å². The van der Waals surface area contributed by atoms with Gasteiger partial charge in [0.1, 0.15) is 0 Å². The fraction of sp³-hybridized carbons (Fsp3) is 0.929. The van der Waals surface area contributed by atoms with Gasteiger partial charge in [-0.3, -0.25) is 4.79 Å². The van der Waals surface area contributed by atoms with Crippen LogP contribution in [0.4, 0.5) is 0 Å². The Morgan fingerprint density at radius 2 is 2.00 bits per heavy atom. The first-order chi connectivity index (χ1) is 8.09. The Kier molecular flexibility index (Phi) is 6.56. The van der Waals surface area contributed by atoms with Gasteiger partial charge in [-0.25, -0.2) is 0 Å². The molecule has 0 aliphatic carbocycles. The maximum absolute atomic E-state index is 12.0. The summed E-state index contributed by atoms with van der Waals surface area (Å²) in [5.41, 5.74) is 0. The molecule has 1 heterocycles. The molecule has 0 aromatic rings. The smallest absolute Gasteiger partial charge is 0.237 e. The van der Waals surface area contributed by atoms with Gasteiger partial charge in [0.2, 0.25) is 5.91 Å². The SMILES string of the molecule is CC(C)CCC(C)NC(=O)C1CCCCCN1. The third-order valence-corrected chi connectivity index (χ3v) is 3.44. The summed E-state index contributed by atoms with van der Waals surface area (Å²) >= 11 is 0. The van der Waals surface area contributed by atoms with Crippen LogP contribution in [0.2, 0.25) is 0 Å². The minimum Gasteiger partial charge on any atom is -0.352 e. The molecule has 0 bridgehead atoms. The second-order valence-corrected chi connectivity index (χ2v) is 5.74.